The molecular formula is C44H77NO8P+. The predicted octanol–water partition coefficient (Wildman–Crippen LogP) is 11.5. The fourth-order valence-electron chi connectivity index (χ4n) is 4.98. The maximum Gasteiger partial charge on any atom is 0.472 e. The summed E-state index contributed by atoms with van der Waals surface area (Å²) in [5, 5.41) is 0. The van der Waals surface area contributed by atoms with Crippen LogP contribution in [0.1, 0.15) is 142 Å². The molecule has 54 heavy (non-hydrogen) atoms. The summed E-state index contributed by atoms with van der Waals surface area (Å²) in [6.07, 6.45) is 43.9. The summed E-state index contributed by atoms with van der Waals surface area (Å²) in [4.78, 5) is 35.2. The number of carbonyl (C=O) groups excluding carboxylic acids is 2. The molecule has 0 aliphatic carbocycles. The van der Waals surface area contributed by atoms with Gasteiger partial charge >= 0.3 is 19.8 Å². The zero-order valence-electron chi connectivity index (χ0n) is 34.7. The minimum absolute atomic E-state index is 0.0162. The monoisotopic (exact) mass is 779 g/mol. The number of unbranched alkanes of at least 4 members (excludes halogenated alkanes) is 10. The lowest BCUT2D eigenvalue weighted by molar-refractivity contribution is -0.870. The number of carbonyl (C=O) groups is 2. The van der Waals surface area contributed by atoms with Crippen molar-refractivity contribution in [3.63, 3.8) is 0 Å². The summed E-state index contributed by atoms with van der Waals surface area (Å²) in [7, 11) is 1.42. The first-order valence-corrected chi connectivity index (χ1v) is 22.2. The van der Waals surface area contributed by atoms with Crippen LogP contribution in [0.5, 0.6) is 0 Å². The maximum absolute atomic E-state index is 12.6. The molecule has 0 aliphatic rings. The number of hydrogen-bond donors (Lipinski definition) is 1. The average Bonchev–Trinajstić information content (AvgIpc) is 3.12. The van der Waals surface area contributed by atoms with Crippen molar-refractivity contribution >= 4 is 19.8 Å². The minimum atomic E-state index is -4.39. The Hall–Kier alpha value is -2.55. The van der Waals surface area contributed by atoms with Gasteiger partial charge in [-0.1, -0.05) is 125 Å². The highest BCUT2D eigenvalue weighted by Gasteiger charge is 2.27. The number of phosphoric ester groups is 1. The third kappa shape index (κ3) is 39.2. The first-order valence-electron chi connectivity index (χ1n) is 20.7. The molecule has 0 saturated carbocycles. The molecule has 0 bridgehead atoms. The zero-order chi connectivity index (χ0) is 40.0. The van der Waals surface area contributed by atoms with Crippen LogP contribution >= 0.6 is 7.82 Å². The van der Waals surface area contributed by atoms with Crippen LogP contribution in [0.25, 0.3) is 0 Å². The number of rotatable bonds is 36. The number of phosphoric acid groups is 1. The minimum Gasteiger partial charge on any atom is -0.462 e. The first kappa shape index (κ1) is 51.5. The summed E-state index contributed by atoms with van der Waals surface area (Å²) < 4.78 is 34.1. The molecule has 310 valence electrons. The van der Waals surface area contributed by atoms with Gasteiger partial charge < -0.3 is 18.9 Å². The lowest BCUT2D eigenvalue weighted by atomic mass is 10.1. The van der Waals surface area contributed by atoms with Crippen molar-refractivity contribution in [2.24, 2.45) is 0 Å². The van der Waals surface area contributed by atoms with Gasteiger partial charge in [-0.05, 0) is 77.0 Å². The van der Waals surface area contributed by atoms with E-state index in [1.807, 2.05) is 27.2 Å². The van der Waals surface area contributed by atoms with E-state index in [0.717, 1.165) is 70.6 Å². The third-order valence-corrected chi connectivity index (χ3v) is 9.20. The van der Waals surface area contributed by atoms with Crippen LogP contribution in [0, 0.1) is 0 Å². The van der Waals surface area contributed by atoms with Crippen molar-refractivity contribution in [3.05, 3.63) is 72.9 Å². The van der Waals surface area contributed by atoms with Gasteiger partial charge in [0, 0.05) is 12.8 Å². The normalized spacial score (nSPS) is 14.4. The smallest absolute Gasteiger partial charge is 0.462 e. The van der Waals surface area contributed by atoms with E-state index in [0.29, 0.717) is 23.9 Å². The van der Waals surface area contributed by atoms with Crippen molar-refractivity contribution < 1.29 is 42.1 Å². The zero-order valence-corrected chi connectivity index (χ0v) is 35.6. The third-order valence-electron chi connectivity index (χ3n) is 8.22. The molecule has 10 heteroatoms. The first-order chi connectivity index (χ1) is 26.0. The molecule has 0 spiro atoms. The Morgan fingerprint density at radius 1 is 0.593 bits per heavy atom. The molecule has 0 heterocycles. The van der Waals surface area contributed by atoms with E-state index in [1.54, 1.807) is 0 Å². The second-order valence-electron chi connectivity index (χ2n) is 14.6. The van der Waals surface area contributed by atoms with Gasteiger partial charge in [0.2, 0.25) is 0 Å². The molecule has 0 radical (unpaired) electrons. The van der Waals surface area contributed by atoms with Gasteiger partial charge in [-0.25, -0.2) is 4.57 Å². The van der Waals surface area contributed by atoms with E-state index < -0.39 is 32.5 Å². The molecule has 1 N–H and O–H groups in total. The van der Waals surface area contributed by atoms with Gasteiger partial charge in [0.1, 0.15) is 19.8 Å². The van der Waals surface area contributed by atoms with Crippen molar-refractivity contribution in [3.8, 4) is 0 Å². The van der Waals surface area contributed by atoms with E-state index in [1.165, 1.54) is 32.1 Å². The number of esters is 2. The van der Waals surface area contributed by atoms with E-state index in [9.17, 15) is 19.0 Å². The van der Waals surface area contributed by atoms with Crippen LogP contribution in [0.4, 0.5) is 0 Å². The van der Waals surface area contributed by atoms with Gasteiger partial charge in [0.25, 0.3) is 0 Å². The lowest BCUT2D eigenvalue weighted by Crippen LogP contribution is -2.37. The fraction of sp³-hybridized carbons (Fsp3) is 0.682. The molecule has 0 aromatic carbocycles. The Kier molecular flexibility index (Phi) is 34.4. The second kappa shape index (κ2) is 36.1. The molecular weight excluding hydrogens is 701 g/mol. The van der Waals surface area contributed by atoms with Gasteiger partial charge in [-0.2, -0.15) is 0 Å². The highest BCUT2D eigenvalue weighted by Crippen LogP contribution is 2.43. The molecule has 9 nitrogen and oxygen atoms in total. The van der Waals surface area contributed by atoms with Crippen LogP contribution in [0.3, 0.4) is 0 Å². The van der Waals surface area contributed by atoms with E-state index in [-0.39, 0.29) is 26.1 Å². The van der Waals surface area contributed by atoms with Gasteiger partial charge in [-0.3, -0.25) is 18.6 Å². The lowest BCUT2D eigenvalue weighted by Gasteiger charge is -2.24. The van der Waals surface area contributed by atoms with Gasteiger partial charge in [0.05, 0.1) is 27.7 Å². The standard InChI is InChI=1S/C44H76NO8P/c1-6-8-10-12-14-16-18-20-21-22-23-25-27-29-31-33-35-37-44(47)53-42(41-52-54(48,49)51-39-38-45(3,4)5)40-50-43(46)36-34-32-30-28-26-24-19-17-15-13-11-9-7-2/h8,10,14,16-17,19-21,23,25,29,31,42H,6-7,9,11-13,15,18,22,24,26-28,30,32-41H2,1-5H3/p+1/b10-8+,16-14+,19-17+,21-20+,25-23+,31-29+/t42-/m1/s1. The molecule has 0 rings (SSSR count). The highest BCUT2D eigenvalue weighted by atomic mass is 31.2. The summed E-state index contributed by atoms with van der Waals surface area (Å²) in [6.45, 7) is 4.19. The fourth-order valence-corrected chi connectivity index (χ4v) is 5.72. The van der Waals surface area contributed by atoms with Crippen LogP contribution in [-0.4, -0.2) is 74.9 Å². The molecule has 0 fully saturated rings. The number of hydrogen-bond acceptors (Lipinski definition) is 7. The van der Waals surface area contributed by atoms with Gasteiger partial charge in [-0.15, -0.1) is 0 Å². The van der Waals surface area contributed by atoms with Crippen LogP contribution in [-0.2, 0) is 32.7 Å². The quantitative estimate of drug-likeness (QED) is 0.0220. The van der Waals surface area contributed by atoms with Gasteiger partial charge in [0.15, 0.2) is 6.10 Å². The van der Waals surface area contributed by atoms with E-state index >= 15 is 0 Å². The van der Waals surface area contributed by atoms with E-state index in [2.05, 4.69) is 80.7 Å². The Balaban J connectivity index is 4.54. The van der Waals surface area contributed by atoms with Crippen molar-refractivity contribution in [1.29, 1.82) is 0 Å². The maximum atomic E-state index is 12.6. The molecule has 1 unspecified atom stereocenters. The Bertz CT molecular complexity index is 1150. The SMILES string of the molecule is CC/C=C/C/C=C/C/C=C/C/C=C/C/C=C/CCCC(=O)O[C@H](COC(=O)CCCCCCC/C=C/CCCCCC)COP(=O)(O)OCC[N+](C)(C)C. The highest BCUT2D eigenvalue weighted by molar-refractivity contribution is 7.47. The molecule has 0 aromatic rings. The summed E-state index contributed by atoms with van der Waals surface area (Å²) in [5.74, 6) is -0.885. The van der Waals surface area contributed by atoms with Crippen LogP contribution in [0.15, 0.2) is 72.9 Å². The molecule has 0 aliphatic heterocycles. The van der Waals surface area contributed by atoms with E-state index in [4.69, 9.17) is 18.5 Å². The molecule has 0 amide bonds. The molecule has 0 saturated heterocycles. The summed E-state index contributed by atoms with van der Waals surface area (Å²) in [6, 6.07) is 0. The second-order valence-corrected chi connectivity index (χ2v) is 16.1. The Labute approximate surface area is 329 Å². The predicted molar refractivity (Wildman–Crippen MR) is 224 cm³/mol. The average molecular weight is 779 g/mol. The van der Waals surface area contributed by atoms with Crippen LogP contribution < -0.4 is 0 Å². The number of quaternary nitrogens is 1. The number of nitrogens with zero attached hydrogens (tertiary/aromatic N) is 1. The number of ether oxygens (including phenoxy) is 2. The topological polar surface area (TPSA) is 108 Å². The number of allylic oxidation sites excluding steroid dienone is 12. The molecule has 0 aromatic heterocycles. The Morgan fingerprint density at radius 2 is 1.07 bits per heavy atom. The van der Waals surface area contributed by atoms with Crippen LogP contribution in [0.2, 0.25) is 0 Å². The van der Waals surface area contributed by atoms with Crippen molar-refractivity contribution in [1.82, 2.24) is 0 Å². The largest absolute Gasteiger partial charge is 0.472 e. The van der Waals surface area contributed by atoms with Crippen molar-refractivity contribution in [2.75, 3.05) is 47.5 Å². The molecule has 2 atom stereocenters. The Morgan fingerprint density at radius 3 is 1.65 bits per heavy atom. The summed E-state index contributed by atoms with van der Waals surface area (Å²) >= 11 is 0. The van der Waals surface area contributed by atoms with Crippen molar-refractivity contribution in [2.45, 2.75) is 148 Å². The summed E-state index contributed by atoms with van der Waals surface area (Å²) in [5.41, 5.74) is 0. The number of likely N-dealkylation sites (N-methyl/N-ethyl adjacent to an activating group) is 1.